The lowest BCUT2D eigenvalue weighted by Crippen LogP contribution is -2.02. The lowest BCUT2D eigenvalue weighted by molar-refractivity contribution is -0.0443. The zero-order valence-electron chi connectivity index (χ0n) is 9.62. The van der Waals surface area contributed by atoms with E-state index in [0.717, 1.165) is 5.56 Å². The van der Waals surface area contributed by atoms with Crippen molar-refractivity contribution >= 4 is 0 Å². The lowest BCUT2D eigenvalue weighted by Gasteiger charge is -2.09. The van der Waals surface area contributed by atoms with Gasteiger partial charge in [0.1, 0.15) is 6.67 Å². The maximum Gasteiger partial charge on any atom is 0.185 e. The number of ether oxygens (including phenoxy) is 2. The molecule has 1 aliphatic rings. The molecule has 6 heteroatoms. The van der Waals surface area contributed by atoms with Gasteiger partial charge in [0.25, 0.3) is 0 Å². The van der Waals surface area contributed by atoms with Crippen molar-refractivity contribution in [3.63, 3.8) is 0 Å². The molecule has 18 heavy (non-hydrogen) atoms. The van der Waals surface area contributed by atoms with Gasteiger partial charge in [0.15, 0.2) is 12.1 Å². The van der Waals surface area contributed by atoms with Crippen LogP contribution in [0.1, 0.15) is 17.5 Å². The minimum atomic E-state index is -0.575. The summed E-state index contributed by atoms with van der Waals surface area (Å²) in [7, 11) is 0. The molecule has 94 valence electrons. The Morgan fingerprint density at radius 3 is 2.72 bits per heavy atom. The van der Waals surface area contributed by atoms with Crippen molar-refractivity contribution in [2.45, 2.75) is 13.0 Å². The maximum absolute atomic E-state index is 12.4. The van der Waals surface area contributed by atoms with Crippen molar-refractivity contribution in [3.05, 3.63) is 41.9 Å². The van der Waals surface area contributed by atoms with Gasteiger partial charge >= 0.3 is 0 Å². The van der Waals surface area contributed by atoms with E-state index in [-0.39, 0.29) is 6.29 Å². The van der Waals surface area contributed by atoms with Crippen molar-refractivity contribution in [1.29, 1.82) is 0 Å². The molecular formula is C12H12FN3O2. The van der Waals surface area contributed by atoms with E-state index in [1.165, 1.54) is 4.68 Å². The largest absolute Gasteiger partial charge is 0.346 e. The van der Waals surface area contributed by atoms with Crippen LogP contribution in [0, 0.1) is 0 Å². The topological polar surface area (TPSA) is 49.2 Å². The van der Waals surface area contributed by atoms with E-state index in [9.17, 15) is 4.39 Å². The average Bonchev–Trinajstić information content (AvgIpc) is 3.10. The second-order valence-electron chi connectivity index (χ2n) is 3.91. The molecule has 0 radical (unpaired) electrons. The fourth-order valence-electron chi connectivity index (χ4n) is 1.78. The van der Waals surface area contributed by atoms with Crippen molar-refractivity contribution in [1.82, 2.24) is 14.8 Å². The summed E-state index contributed by atoms with van der Waals surface area (Å²) in [5.74, 6) is 0.636. The third-order valence-electron chi connectivity index (χ3n) is 2.68. The van der Waals surface area contributed by atoms with Crippen LogP contribution in [0.2, 0.25) is 0 Å². The molecule has 0 unspecified atom stereocenters. The van der Waals surface area contributed by atoms with E-state index < -0.39 is 6.67 Å². The fraction of sp³-hybridized carbons (Fsp3) is 0.333. The third kappa shape index (κ3) is 2.12. The first kappa shape index (κ1) is 11.3. The summed E-state index contributed by atoms with van der Waals surface area (Å²) in [4.78, 5) is 4.26. The molecule has 1 saturated heterocycles. The monoisotopic (exact) mass is 249 g/mol. The summed E-state index contributed by atoms with van der Waals surface area (Å²) in [6.45, 7) is 0.631. The zero-order chi connectivity index (χ0) is 12.4. The maximum atomic E-state index is 12.4. The Kier molecular flexibility index (Phi) is 3.04. The molecule has 0 atom stereocenters. The summed E-state index contributed by atoms with van der Waals surface area (Å²) in [5, 5.41) is 4.04. The predicted octanol–water partition coefficient (Wildman–Crippen LogP) is 1.78. The van der Waals surface area contributed by atoms with Gasteiger partial charge < -0.3 is 9.47 Å². The second-order valence-corrected chi connectivity index (χ2v) is 3.91. The van der Waals surface area contributed by atoms with Crippen LogP contribution in [0.25, 0.3) is 5.82 Å². The molecule has 0 N–H and O–H groups in total. The summed E-state index contributed by atoms with van der Waals surface area (Å²) >= 11 is 0. The van der Waals surface area contributed by atoms with Gasteiger partial charge in [-0.25, -0.2) is 14.1 Å². The quantitative estimate of drug-likeness (QED) is 0.832. The number of aromatic nitrogens is 3. The fourth-order valence-corrected chi connectivity index (χ4v) is 1.78. The number of alkyl halides is 1. The van der Waals surface area contributed by atoms with E-state index in [0.29, 0.717) is 24.7 Å². The first-order valence-corrected chi connectivity index (χ1v) is 5.67. The molecule has 0 amide bonds. The number of halogens is 1. The average molecular weight is 249 g/mol. The molecule has 2 aromatic heterocycles. The van der Waals surface area contributed by atoms with Crippen molar-refractivity contribution < 1.29 is 13.9 Å². The molecule has 1 aliphatic heterocycles. The molecule has 0 spiro atoms. The van der Waals surface area contributed by atoms with Crippen LogP contribution in [0.5, 0.6) is 0 Å². The van der Waals surface area contributed by atoms with Gasteiger partial charge in [-0.3, -0.25) is 0 Å². The second kappa shape index (κ2) is 4.83. The van der Waals surface area contributed by atoms with Crippen LogP contribution >= 0.6 is 0 Å². The lowest BCUT2D eigenvalue weighted by atomic mass is 10.3. The van der Waals surface area contributed by atoms with Crippen molar-refractivity contribution in [2.75, 3.05) is 13.2 Å². The molecule has 5 nitrogen and oxygen atoms in total. The van der Waals surface area contributed by atoms with Gasteiger partial charge in [-0.15, -0.1) is 0 Å². The normalized spacial score (nSPS) is 16.3. The molecule has 0 aromatic carbocycles. The number of rotatable bonds is 3. The Morgan fingerprint density at radius 2 is 2.11 bits per heavy atom. The van der Waals surface area contributed by atoms with Crippen LogP contribution < -0.4 is 0 Å². The molecular weight excluding hydrogens is 237 g/mol. The third-order valence-corrected chi connectivity index (χ3v) is 2.68. The number of nitrogens with zero attached hydrogens (tertiary/aromatic N) is 3. The minimum Gasteiger partial charge on any atom is -0.346 e. The Labute approximate surface area is 103 Å². The summed E-state index contributed by atoms with van der Waals surface area (Å²) < 4.78 is 24.7. The first-order valence-electron chi connectivity index (χ1n) is 5.67. The van der Waals surface area contributed by atoms with Crippen LogP contribution in [-0.2, 0) is 16.1 Å². The SMILES string of the molecule is FCc1ccn(-c2ccc(C3OCCO3)cn2)n1. The highest BCUT2D eigenvalue weighted by Gasteiger charge is 2.18. The van der Waals surface area contributed by atoms with Gasteiger partial charge in [-0.2, -0.15) is 5.10 Å². The highest BCUT2D eigenvalue weighted by atomic mass is 19.1. The van der Waals surface area contributed by atoms with Crippen molar-refractivity contribution in [2.24, 2.45) is 0 Å². The number of hydrogen-bond donors (Lipinski definition) is 0. The van der Waals surface area contributed by atoms with E-state index in [1.54, 1.807) is 24.5 Å². The van der Waals surface area contributed by atoms with Gasteiger partial charge in [-0.05, 0) is 18.2 Å². The highest BCUT2D eigenvalue weighted by Crippen LogP contribution is 2.22. The molecule has 0 bridgehead atoms. The first-order chi connectivity index (χ1) is 8.86. The number of pyridine rings is 1. The molecule has 0 aliphatic carbocycles. The van der Waals surface area contributed by atoms with Gasteiger partial charge in [0, 0.05) is 18.0 Å². The smallest absolute Gasteiger partial charge is 0.185 e. The summed E-state index contributed by atoms with van der Waals surface area (Å²) in [6, 6.07) is 5.29. The Hall–Kier alpha value is -1.79. The predicted molar refractivity (Wildman–Crippen MR) is 60.8 cm³/mol. The molecule has 3 heterocycles. The highest BCUT2D eigenvalue weighted by molar-refractivity contribution is 5.25. The van der Waals surface area contributed by atoms with E-state index in [2.05, 4.69) is 10.1 Å². The summed E-state index contributed by atoms with van der Waals surface area (Å²) in [5.41, 5.74) is 1.26. The van der Waals surface area contributed by atoms with E-state index in [4.69, 9.17) is 9.47 Å². The van der Waals surface area contributed by atoms with Crippen LogP contribution in [0.3, 0.4) is 0 Å². The van der Waals surface area contributed by atoms with Crippen molar-refractivity contribution in [3.8, 4) is 5.82 Å². The molecule has 2 aromatic rings. The molecule has 0 saturated carbocycles. The van der Waals surface area contributed by atoms with Gasteiger partial charge in [0.05, 0.1) is 18.9 Å². The van der Waals surface area contributed by atoms with E-state index in [1.807, 2.05) is 6.07 Å². The Morgan fingerprint density at radius 1 is 1.28 bits per heavy atom. The van der Waals surface area contributed by atoms with Gasteiger partial charge in [-0.1, -0.05) is 0 Å². The van der Waals surface area contributed by atoms with Crippen LogP contribution in [0.15, 0.2) is 30.6 Å². The minimum absolute atomic E-state index is 0.328. The number of hydrogen-bond acceptors (Lipinski definition) is 4. The zero-order valence-corrected chi connectivity index (χ0v) is 9.62. The Bertz CT molecular complexity index is 520. The van der Waals surface area contributed by atoms with Gasteiger partial charge in [0.2, 0.25) is 0 Å². The Balaban J connectivity index is 1.81. The summed E-state index contributed by atoms with van der Waals surface area (Å²) in [6.07, 6.45) is 3.03. The molecule has 3 rings (SSSR count). The van der Waals surface area contributed by atoms with Crippen LogP contribution in [0.4, 0.5) is 4.39 Å². The molecule has 1 fully saturated rings. The van der Waals surface area contributed by atoms with E-state index >= 15 is 0 Å². The van der Waals surface area contributed by atoms with Crippen LogP contribution in [-0.4, -0.2) is 28.0 Å². The standard InChI is InChI=1S/C12H12FN3O2/c13-7-10-3-4-16(15-10)11-2-1-9(8-14-11)12-17-5-6-18-12/h1-4,8,12H,5-7H2.